The van der Waals surface area contributed by atoms with Crippen LogP contribution in [0.3, 0.4) is 0 Å². The predicted molar refractivity (Wildman–Crippen MR) is 58.8 cm³/mol. The SMILES string of the molecule is CC12CCC(C1)C(C)(C)C2N=C(N)N. The van der Waals surface area contributed by atoms with Crippen molar-refractivity contribution in [3.05, 3.63) is 0 Å². The van der Waals surface area contributed by atoms with Crippen LogP contribution in [-0.4, -0.2) is 12.0 Å². The topological polar surface area (TPSA) is 64.4 Å². The van der Waals surface area contributed by atoms with E-state index in [0.29, 0.717) is 11.5 Å². The zero-order chi connectivity index (χ0) is 10.6. The molecule has 0 aromatic heterocycles. The molecule has 0 aromatic carbocycles. The first-order valence-corrected chi connectivity index (χ1v) is 5.45. The highest BCUT2D eigenvalue weighted by Crippen LogP contribution is 2.63. The maximum atomic E-state index is 5.51. The largest absolute Gasteiger partial charge is 0.370 e. The fraction of sp³-hybridized carbons (Fsp3) is 0.909. The summed E-state index contributed by atoms with van der Waals surface area (Å²) in [6.45, 7) is 6.94. The summed E-state index contributed by atoms with van der Waals surface area (Å²) in [5.74, 6) is 1.05. The van der Waals surface area contributed by atoms with Crippen molar-refractivity contribution in [2.45, 2.75) is 46.1 Å². The summed E-state index contributed by atoms with van der Waals surface area (Å²) in [5, 5.41) is 0. The molecule has 3 atom stereocenters. The first-order valence-electron chi connectivity index (χ1n) is 5.45. The molecule has 2 bridgehead atoms. The molecule has 0 amide bonds. The van der Waals surface area contributed by atoms with Gasteiger partial charge in [0.25, 0.3) is 0 Å². The standard InChI is InChI=1S/C11H21N3/c1-10(2)7-4-5-11(3,6-7)8(10)14-9(12)13/h7-8H,4-6H2,1-3H3,(H4,12,13,14). The van der Waals surface area contributed by atoms with Gasteiger partial charge in [-0.2, -0.15) is 0 Å². The second-order valence-electron chi connectivity index (χ2n) is 5.87. The summed E-state index contributed by atoms with van der Waals surface area (Å²) in [4.78, 5) is 4.46. The van der Waals surface area contributed by atoms with Crippen LogP contribution in [0, 0.1) is 16.7 Å². The molecule has 4 N–H and O–H groups in total. The molecule has 0 aromatic rings. The van der Waals surface area contributed by atoms with Crippen LogP contribution in [0.25, 0.3) is 0 Å². The second-order valence-corrected chi connectivity index (χ2v) is 5.87. The van der Waals surface area contributed by atoms with Crippen molar-refractivity contribution in [2.75, 3.05) is 0 Å². The molecule has 3 heteroatoms. The Morgan fingerprint density at radius 3 is 2.36 bits per heavy atom. The molecule has 2 rings (SSSR count). The van der Waals surface area contributed by atoms with Crippen LogP contribution in [-0.2, 0) is 0 Å². The fourth-order valence-corrected chi connectivity index (χ4v) is 3.75. The van der Waals surface area contributed by atoms with Gasteiger partial charge in [-0.1, -0.05) is 20.8 Å². The Morgan fingerprint density at radius 1 is 1.29 bits per heavy atom. The van der Waals surface area contributed by atoms with Crippen LogP contribution in [0.1, 0.15) is 40.0 Å². The van der Waals surface area contributed by atoms with Gasteiger partial charge in [-0.05, 0) is 36.0 Å². The molecule has 3 nitrogen and oxygen atoms in total. The molecule has 2 fully saturated rings. The van der Waals surface area contributed by atoms with Crippen LogP contribution in [0.2, 0.25) is 0 Å². The lowest BCUT2D eigenvalue weighted by atomic mass is 9.69. The maximum Gasteiger partial charge on any atom is 0.186 e. The minimum absolute atomic E-state index is 0.247. The Balaban J connectivity index is 2.35. The molecule has 2 aliphatic carbocycles. The van der Waals surface area contributed by atoms with E-state index >= 15 is 0 Å². The number of fused-ring (bicyclic) bond motifs is 2. The van der Waals surface area contributed by atoms with E-state index < -0.39 is 0 Å². The van der Waals surface area contributed by atoms with Crippen molar-refractivity contribution in [3.8, 4) is 0 Å². The summed E-state index contributed by atoms with van der Waals surface area (Å²) in [6.07, 6.45) is 3.92. The zero-order valence-corrected chi connectivity index (χ0v) is 9.38. The summed E-state index contributed by atoms with van der Waals surface area (Å²) in [5.41, 5.74) is 11.6. The Labute approximate surface area is 86.0 Å². The Hall–Kier alpha value is -0.730. The minimum atomic E-state index is 0.247. The first-order chi connectivity index (χ1) is 6.36. The fourth-order valence-electron chi connectivity index (χ4n) is 3.75. The van der Waals surface area contributed by atoms with Gasteiger partial charge in [-0.25, -0.2) is 4.99 Å². The maximum absolute atomic E-state index is 5.51. The smallest absolute Gasteiger partial charge is 0.186 e. The van der Waals surface area contributed by atoms with Crippen molar-refractivity contribution < 1.29 is 0 Å². The highest BCUT2D eigenvalue weighted by atomic mass is 15.0. The van der Waals surface area contributed by atoms with Gasteiger partial charge in [-0.3, -0.25) is 0 Å². The molecule has 2 saturated carbocycles. The summed E-state index contributed by atoms with van der Waals surface area (Å²) in [7, 11) is 0. The molecule has 0 heterocycles. The molecule has 3 unspecified atom stereocenters. The lowest BCUT2D eigenvalue weighted by molar-refractivity contribution is 0.142. The van der Waals surface area contributed by atoms with E-state index in [1.807, 2.05) is 0 Å². The van der Waals surface area contributed by atoms with Crippen molar-refractivity contribution in [1.29, 1.82) is 0 Å². The first kappa shape index (κ1) is 9.81. The highest BCUT2D eigenvalue weighted by molar-refractivity contribution is 5.76. The average Bonchev–Trinajstić information content (AvgIpc) is 2.49. The Morgan fingerprint density at radius 2 is 1.93 bits per heavy atom. The molecule has 0 spiro atoms. The van der Waals surface area contributed by atoms with E-state index in [2.05, 4.69) is 25.8 Å². The van der Waals surface area contributed by atoms with Gasteiger partial charge in [0.15, 0.2) is 5.96 Å². The molecular formula is C11H21N3. The molecule has 0 saturated heterocycles. The molecule has 2 aliphatic rings. The lowest BCUT2D eigenvalue weighted by Crippen LogP contribution is -2.41. The third-order valence-electron chi connectivity index (χ3n) is 4.47. The van der Waals surface area contributed by atoms with Crippen molar-refractivity contribution in [2.24, 2.45) is 33.2 Å². The van der Waals surface area contributed by atoms with Gasteiger partial charge < -0.3 is 11.5 Å². The second kappa shape index (κ2) is 2.65. The molecule has 80 valence electrons. The lowest BCUT2D eigenvalue weighted by Gasteiger charge is -2.40. The van der Waals surface area contributed by atoms with Crippen molar-refractivity contribution >= 4 is 5.96 Å². The Bertz CT molecular complexity index is 274. The van der Waals surface area contributed by atoms with Crippen LogP contribution in [0.5, 0.6) is 0 Å². The summed E-state index contributed by atoms with van der Waals surface area (Å²) in [6, 6.07) is 0.318. The van der Waals surface area contributed by atoms with Gasteiger partial charge in [0.1, 0.15) is 0 Å². The van der Waals surface area contributed by atoms with Crippen LogP contribution in [0.4, 0.5) is 0 Å². The number of hydrogen-bond acceptors (Lipinski definition) is 1. The number of nitrogens with zero attached hydrogens (tertiary/aromatic N) is 1. The van der Waals surface area contributed by atoms with E-state index in [-0.39, 0.29) is 11.4 Å². The Kier molecular flexibility index (Phi) is 1.85. The van der Waals surface area contributed by atoms with E-state index in [1.165, 1.54) is 19.3 Å². The third-order valence-corrected chi connectivity index (χ3v) is 4.47. The summed E-state index contributed by atoms with van der Waals surface area (Å²) >= 11 is 0. The van der Waals surface area contributed by atoms with E-state index in [4.69, 9.17) is 11.5 Å². The van der Waals surface area contributed by atoms with E-state index in [1.54, 1.807) is 0 Å². The number of guanidine groups is 1. The highest BCUT2D eigenvalue weighted by Gasteiger charge is 2.59. The van der Waals surface area contributed by atoms with Gasteiger partial charge in [0.2, 0.25) is 0 Å². The number of nitrogens with two attached hydrogens (primary N) is 2. The van der Waals surface area contributed by atoms with E-state index in [9.17, 15) is 0 Å². The molecule has 0 radical (unpaired) electrons. The summed E-state index contributed by atoms with van der Waals surface area (Å²) < 4.78 is 0. The minimum Gasteiger partial charge on any atom is -0.370 e. The van der Waals surface area contributed by atoms with E-state index in [0.717, 1.165) is 5.92 Å². The average molecular weight is 195 g/mol. The molecule has 0 aliphatic heterocycles. The van der Waals surface area contributed by atoms with Crippen LogP contribution >= 0.6 is 0 Å². The van der Waals surface area contributed by atoms with Gasteiger partial charge in [0.05, 0.1) is 6.04 Å². The zero-order valence-electron chi connectivity index (χ0n) is 9.38. The van der Waals surface area contributed by atoms with Gasteiger partial charge in [0, 0.05) is 0 Å². The quantitative estimate of drug-likeness (QED) is 0.491. The number of hydrogen-bond donors (Lipinski definition) is 2. The predicted octanol–water partition coefficient (Wildman–Crippen LogP) is 1.47. The molecule has 14 heavy (non-hydrogen) atoms. The number of aliphatic imine (C=N–C) groups is 1. The third kappa shape index (κ3) is 1.14. The van der Waals surface area contributed by atoms with Crippen LogP contribution < -0.4 is 11.5 Å². The van der Waals surface area contributed by atoms with Crippen LogP contribution in [0.15, 0.2) is 4.99 Å². The number of rotatable bonds is 1. The van der Waals surface area contributed by atoms with Gasteiger partial charge in [-0.15, -0.1) is 0 Å². The van der Waals surface area contributed by atoms with Gasteiger partial charge >= 0.3 is 0 Å². The normalized spacial score (nSPS) is 43.9. The van der Waals surface area contributed by atoms with Crippen molar-refractivity contribution in [1.82, 2.24) is 0 Å². The monoisotopic (exact) mass is 195 g/mol. The molecular weight excluding hydrogens is 174 g/mol. The van der Waals surface area contributed by atoms with Crippen molar-refractivity contribution in [3.63, 3.8) is 0 Å².